The SMILES string of the molecule is CCOc1ccc2[nH]c(=O)c(CN(C(=O)c3ccncc3)c3cccc(C)c3)cc2c1. The maximum atomic E-state index is 13.3. The minimum Gasteiger partial charge on any atom is -0.494 e. The fourth-order valence-electron chi connectivity index (χ4n) is 3.50. The molecule has 6 nitrogen and oxygen atoms in total. The second kappa shape index (κ2) is 8.83. The number of ether oxygens (including phenoxy) is 1. The Morgan fingerprint density at radius 3 is 2.61 bits per heavy atom. The first-order chi connectivity index (χ1) is 15.0. The highest BCUT2D eigenvalue weighted by Gasteiger charge is 2.20. The zero-order valence-corrected chi connectivity index (χ0v) is 17.5. The van der Waals surface area contributed by atoms with Crippen molar-refractivity contribution in [2.24, 2.45) is 0 Å². The molecule has 2 aromatic carbocycles. The van der Waals surface area contributed by atoms with Gasteiger partial charge in [0.2, 0.25) is 0 Å². The highest BCUT2D eigenvalue weighted by Crippen LogP contribution is 2.23. The number of H-pyrrole nitrogens is 1. The van der Waals surface area contributed by atoms with Crippen LogP contribution in [0.4, 0.5) is 5.69 Å². The zero-order valence-electron chi connectivity index (χ0n) is 17.5. The molecule has 0 aliphatic rings. The number of aryl methyl sites for hydroxylation is 1. The summed E-state index contributed by atoms with van der Waals surface area (Å²) in [7, 11) is 0. The molecule has 0 saturated heterocycles. The summed E-state index contributed by atoms with van der Waals surface area (Å²) in [5.74, 6) is 0.534. The molecule has 1 N–H and O–H groups in total. The Morgan fingerprint density at radius 1 is 1.06 bits per heavy atom. The molecule has 0 saturated carbocycles. The molecular weight excluding hydrogens is 390 g/mol. The predicted molar refractivity (Wildman–Crippen MR) is 122 cm³/mol. The Hall–Kier alpha value is -3.93. The van der Waals surface area contributed by atoms with E-state index in [1.165, 1.54) is 0 Å². The highest BCUT2D eigenvalue weighted by atomic mass is 16.5. The van der Waals surface area contributed by atoms with Gasteiger partial charge >= 0.3 is 0 Å². The number of anilines is 1. The molecule has 156 valence electrons. The molecule has 2 heterocycles. The Morgan fingerprint density at radius 2 is 1.87 bits per heavy atom. The predicted octanol–water partition coefficient (Wildman–Crippen LogP) is 4.48. The summed E-state index contributed by atoms with van der Waals surface area (Å²) in [6.07, 6.45) is 3.17. The number of hydrogen-bond acceptors (Lipinski definition) is 4. The van der Waals surface area contributed by atoms with Gasteiger partial charge in [-0.3, -0.25) is 14.6 Å². The van der Waals surface area contributed by atoms with Crippen LogP contribution in [0.5, 0.6) is 5.75 Å². The second-order valence-electron chi connectivity index (χ2n) is 7.27. The molecule has 0 spiro atoms. The van der Waals surface area contributed by atoms with Gasteiger partial charge in [0.1, 0.15) is 5.75 Å². The van der Waals surface area contributed by atoms with E-state index in [0.717, 1.165) is 27.9 Å². The average Bonchev–Trinajstić information content (AvgIpc) is 2.78. The van der Waals surface area contributed by atoms with E-state index in [4.69, 9.17) is 4.74 Å². The molecule has 4 rings (SSSR count). The molecule has 0 radical (unpaired) electrons. The van der Waals surface area contributed by atoms with Crippen LogP contribution in [-0.2, 0) is 6.54 Å². The lowest BCUT2D eigenvalue weighted by atomic mass is 10.1. The van der Waals surface area contributed by atoms with Crippen LogP contribution >= 0.6 is 0 Å². The first-order valence-corrected chi connectivity index (χ1v) is 10.1. The van der Waals surface area contributed by atoms with Gasteiger partial charge in [0.25, 0.3) is 11.5 Å². The normalized spacial score (nSPS) is 10.8. The molecule has 4 aromatic rings. The van der Waals surface area contributed by atoms with E-state index in [1.54, 1.807) is 29.4 Å². The number of carbonyl (C=O) groups excluding carboxylic acids is 1. The van der Waals surface area contributed by atoms with Crippen molar-refractivity contribution in [3.63, 3.8) is 0 Å². The summed E-state index contributed by atoms with van der Waals surface area (Å²) in [4.78, 5) is 34.7. The van der Waals surface area contributed by atoms with Crippen molar-refractivity contribution in [1.29, 1.82) is 0 Å². The Kier molecular flexibility index (Phi) is 5.80. The quantitative estimate of drug-likeness (QED) is 0.506. The second-order valence-corrected chi connectivity index (χ2v) is 7.27. The van der Waals surface area contributed by atoms with Gasteiger partial charge in [0.05, 0.1) is 13.2 Å². The van der Waals surface area contributed by atoms with Crippen molar-refractivity contribution in [1.82, 2.24) is 9.97 Å². The Labute approximate surface area is 180 Å². The molecule has 2 aromatic heterocycles. The van der Waals surface area contributed by atoms with E-state index in [2.05, 4.69) is 9.97 Å². The van der Waals surface area contributed by atoms with E-state index < -0.39 is 0 Å². The smallest absolute Gasteiger partial charge is 0.258 e. The number of amides is 1. The fourth-order valence-corrected chi connectivity index (χ4v) is 3.50. The number of carbonyl (C=O) groups is 1. The lowest BCUT2D eigenvalue weighted by Crippen LogP contribution is -2.33. The van der Waals surface area contributed by atoms with Crippen LogP contribution in [0.25, 0.3) is 10.9 Å². The van der Waals surface area contributed by atoms with Crippen LogP contribution in [0.15, 0.2) is 77.9 Å². The third kappa shape index (κ3) is 4.48. The van der Waals surface area contributed by atoms with E-state index >= 15 is 0 Å². The maximum Gasteiger partial charge on any atom is 0.258 e. The van der Waals surface area contributed by atoms with E-state index in [9.17, 15) is 9.59 Å². The molecule has 0 atom stereocenters. The van der Waals surface area contributed by atoms with Crippen LogP contribution in [0, 0.1) is 6.92 Å². The molecule has 31 heavy (non-hydrogen) atoms. The van der Waals surface area contributed by atoms with Crippen molar-refractivity contribution in [3.05, 3.63) is 100 Å². The molecule has 0 fully saturated rings. The van der Waals surface area contributed by atoms with Crippen LogP contribution in [0.2, 0.25) is 0 Å². The number of pyridine rings is 2. The molecule has 6 heteroatoms. The molecule has 0 aliphatic carbocycles. The number of rotatable bonds is 6. The van der Waals surface area contributed by atoms with E-state index in [1.807, 2.05) is 62.4 Å². The lowest BCUT2D eigenvalue weighted by Gasteiger charge is -2.23. The molecular formula is C25H23N3O3. The summed E-state index contributed by atoms with van der Waals surface area (Å²) in [6, 6.07) is 18.4. The number of nitrogens with one attached hydrogen (secondary N) is 1. The van der Waals surface area contributed by atoms with Crippen LogP contribution < -0.4 is 15.2 Å². The minimum absolute atomic E-state index is 0.134. The minimum atomic E-state index is -0.225. The van der Waals surface area contributed by atoms with Crippen molar-refractivity contribution in [3.8, 4) is 5.75 Å². The van der Waals surface area contributed by atoms with Crippen LogP contribution in [0.3, 0.4) is 0 Å². The molecule has 0 aliphatic heterocycles. The highest BCUT2D eigenvalue weighted by molar-refractivity contribution is 6.06. The van der Waals surface area contributed by atoms with Gasteiger partial charge in [-0.1, -0.05) is 12.1 Å². The maximum absolute atomic E-state index is 13.3. The summed E-state index contributed by atoms with van der Waals surface area (Å²) in [5, 5.41) is 0.848. The van der Waals surface area contributed by atoms with Crippen molar-refractivity contribution in [2.75, 3.05) is 11.5 Å². The van der Waals surface area contributed by atoms with E-state index in [0.29, 0.717) is 17.7 Å². The Balaban J connectivity index is 1.77. The first-order valence-electron chi connectivity index (χ1n) is 10.1. The number of aromatic nitrogens is 2. The molecule has 1 amide bonds. The summed E-state index contributed by atoms with van der Waals surface area (Å²) < 4.78 is 5.58. The van der Waals surface area contributed by atoms with Crippen molar-refractivity contribution < 1.29 is 9.53 Å². The summed E-state index contributed by atoms with van der Waals surface area (Å²) in [6.45, 7) is 4.58. The monoisotopic (exact) mass is 413 g/mol. The van der Waals surface area contributed by atoms with Crippen LogP contribution in [0.1, 0.15) is 28.4 Å². The standard InChI is InChI=1S/C25H23N3O3/c1-3-31-22-7-8-23-19(15-22)14-20(24(29)27-23)16-28(21-6-4-5-17(2)13-21)25(30)18-9-11-26-12-10-18/h4-15H,3,16H2,1-2H3,(H,27,29). The van der Waals surface area contributed by atoms with Gasteiger partial charge in [-0.25, -0.2) is 0 Å². The van der Waals surface area contributed by atoms with Gasteiger partial charge < -0.3 is 14.6 Å². The number of nitrogens with zero attached hydrogens (tertiary/aromatic N) is 2. The Bertz CT molecular complexity index is 1280. The average molecular weight is 413 g/mol. The number of hydrogen-bond donors (Lipinski definition) is 1. The van der Waals surface area contributed by atoms with Gasteiger partial charge in [0, 0.05) is 40.1 Å². The molecule has 0 bridgehead atoms. The topological polar surface area (TPSA) is 75.3 Å². The fraction of sp³-hybridized carbons (Fsp3) is 0.160. The zero-order chi connectivity index (χ0) is 21.8. The van der Waals surface area contributed by atoms with Crippen LogP contribution in [-0.4, -0.2) is 22.5 Å². The van der Waals surface area contributed by atoms with Gasteiger partial charge in [-0.05, 0) is 67.9 Å². The number of aromatic amines is 1. The van der Waals surface area contributed by atoms with Gasteiger partial charge in [-0.2, -0.15) is 0 Å². The number of benzene rings is 2. The largest absolute Gasteiger partial charge is 0.494 e. The summed E-state index contributed by atoms with van der Waals surface area (Å²) >= 11 is 0. The molecule has 0 unspecified atom stereocenters. The lowest BCUT2D eigenvalue weighted by molar-refractivity contribution is 0.0985. The van der Waals surface area contributed by atoms with Gasteiger partial charge in [0.15, 0.2) is 0 Å². The van der Waals surface area contributed by atoms with Crippen molar-refractivity contribution in [2.45, 2.75) is 20.4 Å². The van der Waals surface area contributed by atoms with Crippen molar-refractivity contribution >= 4 is 22.5 Å². The number of fused-ring (bicyclic) bond motifs is 1. The van der Waals surface area contributed by atoms with Gasteiger partial charge in [-0.15, -0.1) is 0 Å². The first kappa shape index (κ1) is 20.3. The third-order valence-electron chi connectivity index (χ3n) is 5.02. The van der Waals surface area contributed by atoms with E-state index in [-0.39, 0.29) is 18.0 Å². The third-order valence-corrected chi connectivity index (χ3v) is 5.02. The summed E-state index contributed by atoms with van der Waals surface area (Å²) in [5.41, 5.74) is 3.25.